The maximum Gasteiger partial charge on any atom is 0.253 e. The molecule has 1 aromatic heterocycles. The van der Waals surface area contributed by atoms with Crippen LogP contribution in [0.25, 0.3) is 21.9 Å². The molecule has 1 heterocycles. The van der Waals surface area contributed by atoms with E-state index in [-0.39, 0.29) is 11.7 Å². The van der Waals surface area contributed by atoms with Crippen molar-refractivity contribution in [2.75, 3.05) is 7.05 Å². The maximum atomic E-state index is 12.9. The van der Waals surface area contributed by atoms with Crippen molar-refractivity contribution in [2.45, 2.75) is 6.54 Å². The van der Waals surface area contributed by atoms with Crippen LogP contribution in [-0.2, 0) is 6.54 Å². The molecule has 3 aromatic carbocycles. The molecule has 0 fully saturated rings. The van der Waals surface area contributed by atoms with Gasteiger partial charge in [0.1, 0.15) is 5.75 Å². The van der Waals surface area contributed by atoms with Gasteiger partial charge < -0.3 is 10.0 Å². The Morgan fingerprint density at radius 1 is 0.929 bits per heavy atom. The van der Waals surface area contributed by atoms with Crippen LogP contribution in [0, 0.1) is 0 Å². The van der Waals surface area contributed by atoms with E-state index in [1.54, 1.807) is 23.2 Å². The second-order valence-electron chi connectivity index (χ2n) is 6.80. The van der Waals surface area contributed by atoms with Gasteiger partial charge in [-0.3, -0.25) is 9.78 Å². The van der Waals surface area contributed by atoms with Gasteiger partial charge in [-0.05, 0) is 52.4 Å². The van der Waals surface area contributed by atoms with Crippen molar-refractivity contribution in [1.82, 2.24) is 9.88 Å². The summed E-state index contributed by atoms with van der Waals surface area (Å²) in [4.78, 5) is 18.7. The fourth-order valence-corrected chi connectivity index (χ4v) is 3.33. The Balaban J connectivity index is 1.53. The molecule has 0 radical (unpaired) electrons. The van der Waals surface area contributed by atoms with Crippen LogP contribution in [0.2, 0.25) is 0 Å². The lowest BCUT2D eigenvalue weighted by Gasteiger charge is -2.19. The third-order valence-corrected chi connectivity index (χ3v) is 4.86. The summed E-state index contributed by atoms with van der Waals surface area (Å²) in [6.45, 7) is 0.528. The van der Waals surface area contributed by atoms with Gasteiger partial charge in [0.2, 0.25) is 0 Å². The molecule has 4 aromatic rings. The van der Waals surface area contributed by atoms with E-state index in [2.05, 4.69) is 4.98 Å². The van der Waals surface area contributed by atoms with Crippen molar-refractivity contribution in [3.8, 4) is 16.9 Å². The minimum Gasteiger partial charge on any atom is -0.508 e. The summed E-state index contributed by atoms with van der Waals surface area (Å²) in [5.41, 5.74) is 3.73. The van der Waals surface area contributed by atoms with E-state index in [9.17, 15) is 9.90 Å². The Labute approximate surface area is 163 Å². The van der Waals surface area contributed by atoms with E-state index >= 15 is 0 Å². The van der Waals surface area contributed by atoms with Crippen molar-refractivity contribution < 1.29 is 9.90 Å². The number of nitrogens with zero attached hydrogens (tertiary/aromatic N) is 2. The first-order valence-electron chi connectivity index (χ1n) is 9.08. The molecular weight excluding hydrogens is 348 g/mol. The molecule has 0 bridgehead atoms. The van der Waals surface area contributed by atoms with Gasteiger partial charge in [-0.25, -0.2) is 0 Å². The Bertz CT molecular complexity index is 1110. The van der Waals surface area contributed by atoms with E-state index in [1.165, 1.54) is 0 Å². The topological polar surface area (TPSA) is 53.4 Å². The molecule has 1 N–H and O–H groups in total. The second-order valence-corrected chi connectivity index (χ2v) is 6.80. The van der Waals surface area contributed by atoms with Crippen LogP contribution in [0.4, 0.5) is 0 Å². The third-order valence-electron chi connectivity index (χ3n) is 4.86. The van der Waals surface area contributed by atoms with E-state index in [1.807, 2.05) is 73.9 Å². The second kappa shape index (κ2) is 7.53. The number of hydrogen-bond acceptors (Lipinski definition) is 3. The van der Waals surface area contributed by atoms with E-state index in [0.717, 1.165) is 27.5 Å². The Hall–Kier alpha value is -3.66. The molecule has 0 aliphatic heterocycles. The molecular formula is C24H20N2O2. The largest absolute Gasteiger partial charge is 0.508 e. The molecule has 1 amide bonds. The molecule has 4 nitrogen and oxygen atoms in total. The highest BCUT2D eigenvalue weighted by Crippen LogP contribution is 2.23. The summed E-state index contributed by atoms with van der Waals surface area (Å²) in [5, 5.41) is 11.6. The third kappa shape index (κ3) is 3.58. The first-order chi connectivity index (χ1) is 13.6. The average molecular weight is 368 g/mol. The number of aromatic nitrogens is 1. The van der Waals surface area contributed by atoms with Gasteiger partial charge in [-0.15, -0.1) is 0 Å². The number of hydrogen-bond donors (Lipinski definition) is 1. The highest BCUT2D eigenvalue weighted by Gasteiger charge is 2.13. The summed E-state index contributed by atoms with van der Waals surface area (Å²) >= 11 is 0. The summed E-state index contributed by atoms with van der Waals surface area (Å²) < 4.78 is 0. The first-order valence-corrected chi connectivity index (χ1v) is 9.08. The van der Waals surface area contributed by atoms with Crippen LogP contribution in [-0.4, -0.2) is 27.9 Å². The zero-order valence-electron chi connectivity index (χ0n) is 15.5. The van der Waals surface area contributed by atoms with Gasteiger partial charge in [0.15, 0.2) is 0 Å². The van der Waals surface area contributed by atoms with Crippen LogP contribution in [0.3, 0.4) is 0 Å². The minimum atomic E-state index is -0.0247. The van der Waals surface area contributed by atoms with Crippen molar-refractivity contribution in [2.24, 2.45) is 0 Å². The Morgan fingerprint density at radius 2 is 1.61 bits per heavy atom. The molecule has 4 heteroatoms. The van der Waals surface area contributed by atoms with Crippen molar-refractivity contribution in [1.29, 1.82) is 0 Å². The first kappa shape index (κ1) is 17.7. The predicted molar refractivity (Wildman–Crippen MR) is 111 cm³/mol. The number of rotatable bonds is 4. The van der Waals surface area contributed by atoms with Crippen LogP contribution in [0.5, 0.6) is 5.75 Å². The summed E-state index contributed by atoms with van der Waals surface area (Å²) in [6, 6.07) is 22.6. The highest BCUT2D eigenvalue weighted by molar-refractivity contribution is 5.95. The van der Waals surface area contributed by atoms with Gasteiger partial charge in [0.05, 0.1) is 0 Å². The molecule has 0 saturated carbocycles. The average Bonchev–Trinajstić information content (AvgIpc) is 2.74. The Kier molecular flexibility index (Phi) is 4.77. The zero-order chi connectivity index (χ0) is 19.5. The lowest BCUT2D eigenvalue weighted by atomic mass is 10.0. The lowest BCUT2D eigenvalue weighted by molar-refractivity contribution is 0.0785. The van der Waals surface area contributed by atoms with Crippen molar-refractivity contribution in [3.05, 3.63) is 96.3 Å². The quantitative estimate of drug-likeness (QED) is 0.559. The molecule has 0 unspecified atom stereocenters. The standard InChI is InChI=1S/C24H20N2O2/c1-26(16-21-4-2-3-20-15-25-14-13-23(20)21)24(28)19-7-5-17(6-8-19)18-9-11-22(27)12-10-18/h2-15,27H,16H2,1H3. The summed E-state index contributed by atoms with van der Waals surface area (Å²) in [6.07, 6.45) is 3.61. The smallest absolute Gasteiger partial charge is 0.253 e. The molecule has 0 saturated heterocycles. The number of fused-ring (bicyclic) bond motifs is 1. The number of carbonyl (C=O) groups is 1. The molecule has 0 aliphatic rings. The fourth-order valence-electron chi connectivity index (χ4n) is 3.33. The van der Waals surface area contributed by atoms with E-state index in [4.69, 9.17) is 0 Å². The van der Waals surface area contributed by atoms with Crippen LogP contribution in [0.1, 0.15) is 15.9 Å². The molecule has 28 heavy (non-hydrogen) atoms. The number of amides is 1. The van der Waals surface area contributed by atoms with Crippen LogP contribution < -0.4 is 0 Å². The van der Waals surface area contributed by atoms with Crippen LogP contribution >= 0.6 is 0 Å². The van der Waals surface area contributed by atoms with E-state index < -0.39 is 0 Å². The minimum absolute atomic E-state index is 0.0247. The molecule has 0 aliphatic carbocycles. The molecule has 138 valence electrons. The summed E-state index contributed by atoms with van der Waals surface area (Å²) in [5.74, 6) is 0.213. The number of pyridine rings is 1. The maximum absolute atomic E-state index is 12.9. The van der Waals surface area contributed by atoms with Gasteiger partial charge in [0, 0.05) is 36.9 Å². The number of phenolic OH excluding ortho intramolecular Hbond substituents is 1. The monoisotopic (exact) mass is 368 g/mol. The molecule has 0 spiro atoms. The predicted octanol–water partition coefficient (Wildman–Crippen LogP) is 4.88. The van der Waals surface area contributed by atoms with Gasteiger partial charge in [0.25, 0.3) is 5.91 Å². The van der Waals surface area contributed by atoms with Crippen molar-refractivity contribution in [3.63, 3.8) is 0 Å². The number of carbonyl (C=O) groups excluding carboxylic acids is 1. The number of benzene rings is 3. The number of aromatic hydroxyl groups is 1. The Morgan fingerprint density at radius 3 is 2.32 bits per heavy atom. The van der Waals surface area contributed by atoms with Crippen molar-refractivity contribution >= 4 is 16.7 Å². The summed E-state index contributed by atoms with van der Waals surface area (Å²) in [7, 11) is 1.82. The van der Waals surface area contributed by atoms with Gasteiger partial charge in [-0.1, -0.05) is 42.5 Å². The fraction of sp³-hybridized carbons (Fsp3) is 0.0833. The van der Waals surface area contributed by atoms with Gasteiger partial charge >= 0.3 is 0 Å². The lowest BCUT2D eigenvalue weighted by Crippen LogP contribution is -2.26. The van der Waals surface area contributed by atoms with E-state index in [0.29, 0.717) is 12.1 Å². The zero-order valence-corrected chi connectivity index (χ0v) is 15.5. The SMILES string of the molecule is CN(Cc1cccc2cnccc12)C(=O)c1ccc(-c2ccc(O)cc2)cc1. The number of phenols is 1. The normalized spacial score (nSPS) is 10.8. The highest BCUT2D eigenvalue weighted by atomic mass is 16.3. The molecule has 0 atom stereocenters. The van der Waals surface area contributed by atoms with Crippen LogP contribution in [0.15, 0.2) is 85.2 Å². The van der Waals surface area contributed by atoms with Gasteiger partial charge in [-0.2, -0.15) is 0 Å². The molecule has 4 rings (SSSR count).